The number of amides is 1. The van der Waals surface area contributed by atoms with Gasteiger partial charge < -0.3 is 20.5 Å². The molecule has 3 rings (SSSR count). The highest BCUT2D eigenvalue weighted by Crippen LogP contribution is 2.15. The van der Waals surface area contributed by atoms with Crippen molar-refractivity contribution >= 4 is 23.5 Å². The number of nitrogens with zero attached hydrogens (tertiary/aromatic N) is 3. The van der Waals surface area contributed by atoms with E-state index in [4.69, 9.17) is 15.2 Å². The van der Waals surface area contributed by atoms with Gasteiger partial charge in [0.1, 0.15) is 17.6 Å². The van der Waals surface area contributed by atoms with Crippen molar-refractivity contribution in [1.29, 1.82) is 0 Å². The Bertz CT molecular complexity index is 1050. The predicted octanol–water partition coefficient (Wildman–Crippen LogP) is 0.847. The lowest BCUT2D eigenvalue weighted by molar-refractivity contribution is -0.111. The van der Waals surface area contributed by atoms with Crippen LogP contribution in [0.1, 0.15) is 25.8 Å². The molecule has 0 bridgehead atoms. The first kappa shape index (κ1) is 21.3. The SMILES string of the molecule is CCn1c(N)c(NC(=O)/C=C/c2ccc(O[C@@H]3CCOC3)nc2)c(=O)n(CC)c1=O. The minimum atomic E-state index is -0.634. The molecule has 1 atom stereocenters. The Balaban J connectivity index is 1.71. The normalized spacial score (nSPS) is 16.1. The highest BCUT2D eigenvalue weighted by atomic mass is 16.5. The fraction of sp³-hybridized carbons (Fsp3) is 0.400. The summed E-state index contributed by atoms with van der Waals surface area (Å²) >= 11 is 0. The van der Waals surface area contributed by atoms with E-state index in [2.05, 4.69) is 10.3 Å². The van der Waals surface area contributed by atoms with Gasteiger partial charge >= 0.3 is 5.69 Å². The lowest BCUT2D eigenvalue weighted by Crippen LogP contribution is -2.42. The van der Waals surface area contributed by atoms with E-state index in [1.165, 1.54) is 10.6 Å². The molecule has 3 N–H and O–H groups in total. The molecular formula is C20H25N5O5. The number of nitrogens with one attached hydrogen (secondary N) is 1. The van der Waals surface area contributed by atoms with E-state index in [0.29, 0.717) is 24.7 Å². The number of rotatable bonds is 7. The van der Waals surface area contributed by atoms with Gasteiger partial charge in [0.25, 0.3) is 5.56 Å². The maximum absolute atomic E-state index is 12.5. The van der Waals surface area contributed by atoms with Crippen LogP contribution in [0.5, 0.6) is 5.88 Å². The van der Waals surface area contributed by atoms with E-state index in [9.17, 15) is 14.4 Å². The van der Waals surface area contributed by atoms with E-state index in [-0.39, 0.29) is 30.7 Å². The monoisotopic (exact) mass is 415 g/mol. The predicted molar refractivity (Wildman–Crippen MR) is 112 cm³/mol. The van der Waals surface area contributed by atoms with Gasteiger partial charge in [0.2, 0.25) is 11.8 Å². The number of pyridine rings is 1. The Hall–Kier alpha value is -3.40. The average Bonchev–Trinajstić information content (AvgIpc) is 3.24. The minimum absolute atomic E-state index is 0.00804. The van der Waals surface area contributed by atoms with Gasteiger partial charge in [0.05, 0.1) is 13.2 Å². The van der Waals surface area contributed by atoms with Crippen molar-refractivity contribution in [2.75, 3.05) is 24.3 Å². The summed E-state index contributed by atoms with van der Waals surface area (Å²) in [6, 6.07) is 3.47. The fourth-order valence-corrected chi connectivity index (χ4v) is 3.09. The van der Waals surface area contributed by atoms with Crippen LogP contribution in [0.2, 0.25) is 0 Å². The first-order valence-electron chi connectivity index (χ1n) is 9.77. The standard InChI is InChI=1S/C20H25N5O5/c1-3-24-18(21)17(19(27)25(4-2)20(24)28)23-15(26)7-5-13-6-8-16(22-11-13)30-14-9-10-29-12-14/h5-8,11,14H,3-4,9-10,12,21H2,1-2H3,(H,23,26)/b7-5+/t14-/m1/s1. The van der Waals surface area contributed by atoms with Crippen molar-refractivity contribution < 1.29 is 14.3 Å². The molecule has 0 radical (unpaired) electrons. The number of carbonyl (C=O) groups excluding carboxylic acids is 1. The van der Waals surface area contributed by atoms with E-state index in [1.54, 1.807) is 38.3 Å². The van der Waals surface area contributed by atoms with Crippen LogP contribution in [0.25, 0.3) is 6.08 Å². The van der Waals surface area contributed by atoms with Gasteiger partial charge in [-0.3, -0.25) is 18.7 Å². The molecule has 0 unspecified atom stereocenters. The second kappa shape index (κ2) is 9.40. The van der Waals surface area contributed by atoms with Gasteiger partial charge in [-0.1, -0.05) is 0 Å². The quantitative estimate of drug-likeness (QED) is 0.641. The van der Waals surface area contributed by atoms with Crippen LogP contribution in [0.15, 0.2) is 34.0 Å². The molecule has 1 aliphatic rings. The summed E-state index contributed by atoms with van der Waals surface area (Å²) in [6.07, 6.45) is 5.23. The third kappa shape index (κ3) is 4.60. The van der Waals surface area contributed by atoms with Gasteiger partial charge in [-0.15, -0.1) is 0 Å². The van der Waals surface area contributed by atoms with Gasteiger partial charge in [0.15, 0.2) is 0 Å². The number of anilines is 2. The number of nitrogen functional groups attached to an aromatic ring is 1. The van der Waals surface area contributed by atoms with Crippen LogP contribution < -0.4 is 27.0 Å². The molecule has 2 aromatic heterocycles. The second-order valence-corrected chi connectivity index (χ2v) is 6.69. The molecule has 1 fully saturated rings. The third-order valence-corrected chi connectivity index (χ3v) is 4.71. The second-order valence-electron chi connectivity index (χ2n) is 6.69. The molecule has 0 aliphatic carbocycles. The molecule has 0 aromatic carbocycles. The smallest absolute Gasteiger partial charge is 0.332 e. The van der Waals surface area contributed by atoms with Crippen molar-refractivity contribution in [3.8, 4) is 5.88 Å². The highest BCUT2D eigenvalue weighted by molar-refractivity contribution is 6.03. The van der Waals surface area contributed by atoms with Gasteiger partial charge in [0, 0.05) is 37.8 Å². The lowest BCUT2D eigenvalue weighted by atomic mass is 10.2. The first-order valence-corrected chi connectivity index (χ1v) is 9.77. The number of ether oxygens (including phenoxy) is 2. The maximum Gasteiger partial charge on any atom is 0.332 e. The van der Waals surface area contributed by atoms with Crippen molar-refractivity contribution in [2.45, 2.75) is 39.5 Å². The largest absolute Gasteiger partial charge is 0.472 e. The Morgan fingerprint density at radius 2 is 2.10 bits per heavy atom. The van der Waals surface area contributed by atoms with E-state index < -0.39 is 17.2 Å². The van der Waals surface area contributed by atoms with E-state index >= 15 is 0 Å². The molecule has 160 valence electrons. The summed E-state index contributed by atoms with van der Waals surface area (Å²) in [7, 11) is 0. The third-order valence-electron chi connectivity index (χ3n) is 4.71. The van der Waals surface area contributed by atoms with E-state index in [0.717, 1.165) is 11.0 Å². The average molecular weight is 415 g/mol. The summed E-state index contributed by atoms with van der Waals surface area (Å²) in [5.74, 6) is -0.133. The molecular weight excluding hydrogens is 390 g/mol. The molecule has 10 heteroatoms. The first-order chi connectivity index (χ1) is 14.4. The molecule has 1 saturated heterocycles. The zero-order valence-corrected chi connectivity index (χ0v) is 17.0. The number of aromatic nitrogens is 3. The van der Waals surface area contributed by atoms with Gasteiger partial charge in [-0.05, 0) is 31.6 Å². The van der Waals surface area contributed by atoms with Crippen LogP contribution in [0.4, 0.5) is 11.5 Å². The Morgan fingerprint density at radius 1 is 1.33 bits per heavy atom. The van der Waals surface area contributed by atoms with Crippen molar-refractivity contribution in [1.82, 2.24) is 14.1 Å². The van der Waals surface area contributed by atoms with E-state index in [1.807, 2.05) is 0 Å². The molecule has 0 saturated carbocycles. The van der Waals surface area contributed by atoms with Crippen LogP contribution in [-0.2, 0) is 22.6 Å². The van der Waals surface area contributed by atoms with Crippen molar-refractivity contribution in [3.63, 3.8) is 0 Å². The van der Waals surface area contributed by atoms with Crippen LogP contribution >= 0.6 is 0 Å². The van der Waals surface area contributed by atoms with Crippen molar-refractivity contribution in [3.05, 3.63) is 50.8 Å². The van der Waals surface area contributed by atoms with Crippen molar-refractivity contribution in [2.24, 2.45) is 0 Å². The molecule has 30 heavy (non-hydrogen) atoms. The van der Waals surface area contributed by atoms with Gasteiger partial charge in [-0.25, -0.2) is 9.78 Å². The maximum atomic E-state index is 12.5. The minimum Gasteiger partial charge on any atom is -0.472 e. The number of nitrogens with two attached hydrogens (primary N) is 1. The Labute approximate surface area is 172 Å². The van der Waals surface area contributed by atoms with Crippen LogP contribution in [0, 0.1) is 0 Å². The van der Waals surface area contributed by atoms with Crippen LogP contribution in [0.3, 0.4) is 0 Å². The fourth-order valence-electron chi connectivity index (χ4n) is 3.09. The summed E-state index contributed by atoms with van der Waals surface area (Å²) < 4.78 is 13.2. The molecule has 0 spiro atoms. The zero-order valence-electron chi connectivity index (χ0n) is 17.0. The molecule has 10 nitrogen and oxygen atoms in total. The number of hydrogen-bond donors (Lipinski definition) is 2. The van der Waals surface area contributed by atoms with Gasteiger partial charge in [-0.2, -0.15) is 0 Å². The van der Waals surface area contributed by atoms with Crippen LogP contribution in [-0.4, -0.2) is 39.3 Å². The Morgan fingerprint density at radius 3 is 2.70 bits per heavy atom. The number of carbonyl (C=O) groups is 1. The zero-order chi connectivity index (χ0) is 21.7. The number of hydrogen-bond acceptors (Lipinski definition) is 7. The molecule has 3 heterocycles. The lowest BCUT2D eigenvalue weighted by Gasteiger charge is -2.14. The summed E-state index contributed by atoms with van der Waals surface area (Å²) in [4.78, 5) is 41.3. The topological polar surface area (TPSA) is 130 Å². The summed E-state index contributed by atoms with van der Waals surface area (Å²) in [5, 5.41) is 2.48. The summed E-state index contributed by atoms with van der Waals surface area (Å²) in [5.41, 5.74) is 5.36. The molecule has 1 amide bonds. The Kier molecular flexibility index (Phi) is 6.68. The summed E-state index contributed by atoms with van der Waals surface area (Å²) in [6.45, 7) is 5.08. The highest BCUT2D eigenvalue weighted by Gasteiger charge is 2.18. The molecule has 1 aliphatic heterocycles. The molecule has 2 aromatic rings.